The number of nitrogens with zero attached hydrogens (tertiary/aromatic N) is 2. The largest absolute Gasteiger partial charge is 0.478 e. The number of pyridine rings is 1. The molecule has 19 heavy (non-hydrogen) atoms. The van der Waals surface area contributed by atoms with E-state index in [1.807, 2.05) is 0 Å². The van der Waals surface area contributed by atoms with Gasteiger partial charge < -0.3 is 20.8 Å². The van der Waals surface area contributed by atoms with E-state index in [2.05, 4.69) is 4.98 Å². The number of aromatic carboxylic acids is 1. The molecule has 0 aliphatic rings. The Balaban J connectivity index is 3.06. The van der Waals surface area contributed by atoms with Crippen molar-refractivity contribution < 1.29 is 28.2 Å². The van der Waals surface area contributed by atoms with E-state index in [1.54, 1.807) is 0 Å². The molecule has 4 N–H and O–H groups in total. The number of aliphatic hydroxyl groups is 1. The van der Waals surface area contributed by atoms with Gasteiger partial charge in [-0.2, -0.15) is 13.2 Å². The standard InChI is InChI=1S/C10H12F3N3O3/c11-10(12,13)5-16(1-2-17)8-7(14)3-6(4-15-8)9(18)19/h3-4,17H,1-2,5,14H2,(H,18,19). The van der Waals surface area contributed by atoms with E-state index < -0.39 is 25.3 Å². The van der Waals surface area contributed by atoms with Crippen LogP contribution in [0.3, 0.4) is 0 Å². The summed E-state index contributed by atoms with van der Waals surface area (Å²) in [5.74, 6) is -1.49. The van der Waals surface area contributed by atoms with Gasteiger partial charge in [-0.15, -0.1) is 0 Å². The first-order valence-electron chi connectivity index (χ1n) is 5.16. The molecule has 0 saturated heterocycles. The maximum Gasteiger partial charge on any atom is 0.405 e. The number of carboxylic acids is 1. The molecule has 0 radical (unpaired) electrons. The Morgan fingerprint density at radius 3 is 2.53 bits per heavy atom. The third-order valence-electron chi connectivity index (χ3n) is 2.18. The fourth-order valence-corrected chi connectivity index (χ4v) is 1.45. The van der Waals surface area contributed by atoms with Crippen molar-refractivity contribution >= 4 is 17.5 Å². The van der Waals surface area contributed by atoms with Crippen LogP contribution in [0.5, 0.6) is 0 Å². The molecular weight excluding hydrogens is 267 g/mol. The summed E-state index contributed by atoms with van der Waals surface area (Å²) in [5, 5.41) is 17.5. The summed E-state index contributed by atoms with van der Waals surface area (Å²) < 4.78 is 37.1. The number of carbonyl (C=O) groups is 1. The van der Waals surface area contributed by atoms with Crippen molar-refractivity contribution in [3.8, 4) is 0 Å². The van der Waals surface area contributed by atoms with Gasteiger partial charge in [-0.1, -0.05) is 0 Å². The second-order valence-electron chi connectivity index (χ2n) is 3.70. The number of rotatable bonds is 5. The molecule has 6 nitrogen and oxygen atoms in total. The highest BCUT2D eigenvalue weighted by Crippen LogP contribution is 2.25. The fraction of sp³-hybridized carbons (Fsp3) is 0.400. The molecule has 0 aromatic carbocycles. The molecule has 9 heteroatoms. The van der Waals surface area contributed by atoms with Crippen LogP contribution in [0.15, 0.2) is 12.3 Å². The monoisotopic (exact) mass is 279 g/mol. The molecule has 0 amide bonds. The molecule has 0 spiro atoms. The average molecular weight is 279 g/mol. The van der Waals surface area contributed by atoms with Crippen LogP contribution in [0.1, 0.15) is 10.4 Å². The zero-order valence-electron chi connectivity index (χ0n) is 9.68. The van der Waals surface area contributed by atoms with Gasteiger partial charge in [0.05, 0.1) is 17.9 Å². The fourth-order valence-electron chi connectivity index (χ4n) is 1.45. The molecule has 106 valence electrons. The number of aliphatic hydroxyl groups excluding tert-OH is 1. The van der Waals surface area contributed by atoms with Crippen molar-refractivity contribution in [1.29, 1.82) is 0 Å². The summed E-state index contributed by atoms with van der Waals surface area (Å²) in [7, 11) is 0. The zero-order valence-corrected chi connectivity index (χ0v) is 9.68. The third-order valence-corrected chi connectivity index (χ3v) is 2.18. The second-order valence-corrected chi connectivity index (χ2v) is 3.70. The maximum atomic E-state index is 12.4. The Labute approximate surface area is 106 Å². The van der Waals surface area contributed by atoms with Crippen molar-refractivity contribution in [2.75, 3.05) is 30.3 Å². The van der Waals surface area contributed by atoms with E-state index in [4.69, 9.17) is 15.9 Å². The zero-order chi connectivity index (χ0) is 14.6. The number of aromatic nitrogens is 1. The van der Waals surface area contributed by atoms with Crippen LogP contribution in [0.4, 0.5) is 24.7 Å². The number of nitrogen functional groups attached to an aromatic ring is 1. The molecule has 0 bridgehead atoms. The molecule has 1 heterocycles. The lowest BCUT2D eigenvalue weighted by molar-refractivity contribution is -0.119. The quantitative estimate of drug-likeness (QED) is 0.734. The van der Waals surface area contributed by atoms with Gasteiger partial charge in [-0.05, 0) is 6.07 Å². The van der Waals surface area contributed by atoms with Crippen LogP contribution in [0.25, 0.3) is 0 Å². The number of halogens is 3. The van der Waals surface area contributed by atoms with Crippen LogP contribution in [0, 0.1) is 0 Å². The Bertz CT molecular complexity index is 465. The smallest absolute Gasteiger partial charge is 0.405 e. The molecule has 1 aromatic heterocycles. The topological polar surface area (TPSA) is 99.7 Å². The minimum atomic E-state index is -4.49. The number of anilines is 2. The van der Waals surface area contributed by atoms with Crippen molar-refractivity contribution in [2.45, 2.75) is 6.18 Å². The average Bonchev–Trinajstić information content (AvgIpc) is 2.26. The van der Waals surface area contributed by atoms with Gasteiger partial charge in [0.25, 0.3) is 0 Å². The van der Waals surface area contributed by atoms with E-state index in [0.717, 1.165) is 17.2 Å². The van der Waals surface area contributed by atoms with Crippen LogP contribution in [0.2, 0.25) is 0 Å². The molecule has 0 unspecified atom stereocenters. The number of nitrogens with two attached hydrogens (primary N) is 1. The summed E-state index contributed by atoms with van der Waals surface area (Å²) in [4.78, 5) is 15.0. The number of hydrogen-bond donors (Lipinski definition) is 3. The molecule has 0 fully saturated rings. The Kier molecular flexibility index (Phi) is 4.54. The van der Waals surface area contributed by atoms with Crippen LogP contribution >= 0.6 is 0 Å². The SMILES string of the molecule is Nc1cc(C(=O)O)cnc1N(CCO)CC(F)(F)F. The van der Waals surface area contributed by atoms with E-state index in [9.17, 15) is 18.0 Å². The first-order valence-corrected chi connectivity index (χ1v) is 5.16. The second kappa shape index (κ2) is 5.74. The lowest BCUT2D eigenvalue weighted by Crippen LogP contribution is -2.37. The lowest BCUT2D eigenvalue weighted by atomic mass is 10.2. The number of hydrogen-bond acceptors (Lipinski definition) is 5. The highest BCUT2D eigenvalue weighted by Gasteiger charge is 2.32. The number of carboxylic acid groups (broad SMARTS) is 1. The maximum absolute atomic E-state index is 12.4. The Morgan fingerprint density at radius 1 is 1.47 bits per heavy atom. The molecular formula is C10H12F3N3O3. The molecule has 0 aliphatic heterocycles. The van der Waals surface area contributed by atoms with Crippen molar-refractivity contribution in [3.05, 3.63) is 17.8 Å². The van der Waals surface area contributed by atoms with Crippen LogP contribution < -0.4 is 10.6 Å². The van der Waals surface area contributed by atoms with Crippen molar-refractivity contribution in [3.63, 3.8) is 0 Å². The van der Waals surface area contributed by atoms with Gasteiger partial charge in [0.2, 0.25) is 0 Å². The predicted octanol–water partition coefficient (Wildman–Crippen LogP) is 0.723. The minimum Gasteiger partial charge on any atom is -0.478 e. The third kappa shape index (κ3) is 4.28. The molecule has 1 aromatic rings. The first-order chi connectivity index (χ1) is 8.74. The van der Waals surface area contributed by atoms with Gasteiger partial charge in [0, 0.05) is 12.7 Å². The van der Waals surface area contributed by atoms with Gasteiger partial charge in [0.15, 0.2) is 5.82 Å². The highest BCUT2D eigenvalue weighted by atomic mass is 19.4. The summed E-state index contributed by atoms with van der Waals surface area (Å²) in [6.07, 6.45) is -3.58. The summed E-state index contributed by atoms with van der Waals surface area (Å²) in [6, 6.07) is 1.02. The summed E-state index contributed by atoms with van der Waals surface area (Å²) in [5.41, 5.74) is 5.07. The molecule has 0 aliphatic carbocycles. The van der Waals surface area contributed by atoms with Gasteiger partial charge in [0.1, 0.15) is 6.54 Å². The normalized spacial score (nSPS) is 11.4. The van der Waals surface area contributed by atoms with Crippen LogP contribution in [-0.2, 0) is 0 Å². The molecule has 0 saturated carbocycles. The van der Waals surface area contributed by atoms with Crippen molar-refractivity contribution in [2.24, 2.45) is 0 Å². The van der Waals surface area contributed by atoms with E-state index in [1.165, 1.54) is 0 Å². The van der Waals surface area contributed by atoms with E-state index in [0.29, 0.717) is 0 Å². The van der Waals surface area contributed by atoms with Crippen molar-refractivity contribution in [1.82, 2.24) is 4.98 Å². The van der Waals surface area contributed by atoms with Crippen LogP contribution in [-0.4, -0.2) is 47.0 Å². The minimum absolute atomic E-state index is 0.197. The Hall–Kier alpha value is -2.03. The van der Waals surface area contributed by atoms with E-state index in [-0.39, 0.29) is 23.6 Å². The lowest BCUT2D eigenvalue weighted by Gasteiger charge is -2.25. The number of alkyl halides is 3. The molecule has 0 atom stereocenters. The van der Waals surface area contributed by atoms with Gasteiger partial charge in [-0.3, -0.25) is 0 Å². The summed E-state index contributed by atoms with van der Waals surface area (Å²) in [6.45, 7) is -2.17. The first kappa shape index (κ1) is 15.0. The Morgan fingerprint density at radius 2 is 2.11 bits per heavy atom. The van der Waals surface area contributed by atoms with E-state index >= 15 is 0 Å². The van der Waals surface area contributed by atoms with Gasteiger partial charge in [-0.25, -0.2) is 9.78 Å². The molecule has 1 rings (SSSR count). The highest BCUT2D eigenvalue weighted by molar-refractivity contribution is 5.89. The van der Waals surface area contributed by atoms with Gasteiger partial charge >= 0.3 is 12.1 Å². The predicted molar refractivity (Wildman–Crippen MR) is 61.0 cm³/mol. The summed E-state index contributed by atoms with van der Waals surface area (Å²) >= 11 is 0.